The summed E-state index contributed by atoms with van der Waals surface area (Å²) in [6.07, 6.45) is 1.40. The van der Waals surface area contributed by atoms with Gasteiger partial charge in [0, 0.05) is 5.56 Å². The van der Waals surface area contributed by atoms with Crippen LogP contribution < -0.4 is 4.74 Å². The van der Waals surface area contributed by atoms with Gasteiger partial charge in [-0.1, -0.05) is 12.1 Å². The van der Waals surface area contributed by atoms with Crippen LogP contribution in [0, 0.1) is 11.3 Å². The first kappa shape index (κ1) is 18.7. The maximum absolute atomic E-state index is 12.6. The predicted molar refractivity (Wildman–Crippen MR) is 99.6 cm³/mol. The van der Waals surface area contributed by atoms with Crippen molar-refractivity contribution in [3.63, 3.8) is 0 Å². The van der Waals surface area contributed by atoms with Gasteiger partial charge in [-0.25, -0.2) is 4.79 Å². The van der Waals surface area contributed by atoms with E-state index in [1.165, 1.54) is 11.1 Å². The lowest BCUT2D eigenvalue weighted by atomic mass is 10.0. The highest BCUT2D eigenvalue weighted by atomic mass is 16.6. The molecule has 0 N–H and O–H groups in total. The molecule has 0 aromatic heterocycles. The average molecular weight is 363 g/mol. The van der Waals surface area contributed by atoms with Crippen molar-refractivity contribution in [3.8, 4) is 11.8 Å². The molecule has 2 atom stereocenters. The normalized spacial score (nSPS) is 14.6. The highest BCUT2D eigenvalue weighted by Crippen LogP contribution is 2.23. The number of benzene rings is 2. The number of Topliss-reactive ketones (excluding diaryl/α,β-unsaturated/α-hetero) is 1. The van der Waals surface area contributed by atoms with Crippen LogP contribution in [0.2, 0.25) is 0 Å². The van der Waals surface area contributed by atoms with Crippen LogP contribution in [0.25, 0.3) is 0 Å². The number of rotatable bonds is 6. The molecule has 2 aromatic rings. The minimum absolute atomic E-state index is 0.219. The summed E-state index contributed by atoms with van der Waals surface area (Å²) < 4.78 is 10.8. The zero-order valence-electron chi connectivity index (χ0n) is 15.4. The van der Waals surface area contributed by atoms with E-state index < -0.39 is 18.2 Å². The average Bonchev–Trinajstić information content (AvgIpc) is 3.15. The van der Waals surface area contributed by atoms with Gasteiger partial charge in [-0.05, 0) is 74.6 Å². The van der Waals surface area contributed by atoms with Crippen molar-refractivity contribution in [2.24, 2.45) is 0 Å². The zero-order chi connectivity index (χ0) is 19.4. The lowest BCUT2D eigenvalue weighted by Crippen LogP contribution is -2.32. The Morgan fingerprint density at radius 3 is 2.41 bits per heavy atom. The Morgan fingerprint density at radius 2 is 1.70 bits per heavy atom. The number of nitrogens with zero attached hydrogens (tertiary/aromatic N) is 1. The van der Waals surface area contributed by atoms with Crippen LogP contribution in [0.15, 0.2) is 42.5 Å². The van der Waals surface area contributed by atoms with E-state index in [0.717, 1.165) is 19.3 Å². The van der Waals surface area contributed by atoms with Gasteiger partial charge in [0.15, 0.2) is 12.2 Å². The lowest BCUT2D eigenvalue weighted by Gasteiger charge is -2.17. The number of nitriles is 1. The molecule has 0 spiro atoms. The predicted octanol–water partition coefficient (Wildman–Crippen LogP) is 3.63. The van der Waals surface area contributed by atoms with Crippen LogP contribution in [-0.2, 0) is 22.4 Å². The van der Waals surface area contributed by atoms with Gasteiger partial charge in [0.25, 0.3) is 0 Å². The van der Waals surface area contributed by atoms with Crippen molar-refractivity contribution in [2.75, 3.05) is 0 Å². The smallest absolute Gasteiger partial charge is 0.347 e. The fraction of sp³-hybridized carbons (Fsp3) is 0.318. The van der Waals surface area contributed by atoms with Gasteiger partial charge < -0.3 is 9.47 Å². The third kappa shape index (κ3) is 4.35. The molecule has 0 saturated carbocycles. The Labute approximate surface area is 158 Å². The Kier molecular flexibility index (Phi) is 5.56. The second-order valence-corrected chi connectivity index (χ2v) is 6.68. The monoisotopic (exact) mass is 363 g/mol. The third-order valence-electron chi connectivity index (χ3n) is 4.67. The van der Waals surface area contributed by atoms with E-state index in [4.69, 9.17) is 14.7 Å². The molecule has 0 aliphatic heterocycles. The molecule has 0 saturated heterocycles. The molecule has 0 heterocycles. The number of hydrogen-bond acceptors (Lipinski definition) is 5. The first-order chi connectivity index (χ1) is 13.0. The highest BCUT2D eigenvalue weighted by Gasteiger charge is 2.25. The summed E-state index contributed by atoms with van der Waals surface area (Å²) in [7, 11) is 0. The number of ether oxygens (including phenoxy) is 2. The summed E-state index contributed by atoms with van der Waals surface area (Å²) in [4.78, 5) is 24.8. The van der Waals surface area contributed by atoms with Crippen molar-refractivity contribution >= 4 is 11.8 Å². The van der Waals surface area contributed by atoms with Crippen molar-refractivity contribution in [3.05, 3.63) is 64.7 Å². The third-order valence-corrected chi connectivity index (χ3v) is 4.67. The number of carbonyl (C=O) groups excluding carboxylic acids is 2. The number of esters is 1. The van der Waals surface area contributed by atoms with E-state index in [9.17, 15) is 9.59 Å². The number of aryl methyl sites for hydroxylation is 2. The van der Waals surface area contributed by atoms with E-state index in [1.807, 2.05) is 18.2 Å². The van der Waals surface area contributed by atoms with E-state index >= 15 is 0 Å². The van der Waals surface area contributed by atoms with E-state index in [2.05, 4.69) is 0 Å². The molecule has 0 amide bonds. The zero-order valence-corrected chi connectivity index (χ0v) is 15.4. The minimum atomic E-state index is -0.885. The van der Waals surface area contributed by atoms with Crippen LogP contribution in [0.3, 0.4) is 0 Å². The number of ketones is 1. The summed E-state index contributed by atoms with van der Waals surface area (Å²) in [5.74, 6) is -0.374. The van der Waals surface area contributed by atoms with Crippen molar-refractivity contribution in [1.29, 1.82) is 5.26 Å². The molecule has 0 radical (unpaired) electrons. The van der Waals surface area contributed by atoms with Crippen LogP contribution >= 0.6 is 0 Å². The number of fused-ring (bicyclic) bond motifs is 1. The molecule has 0 bridgehead atoms. The summed E-state index contributed by atoms with van der Waals surface area (Å²) in [5.41, 5.74) is 3.57. The maximum atomic E-state index is 12.6. The molecule has 2 aromatic carbocycles. The van der Waals surface area contributed by atoms with Crippen LogP contribution in [0.1, 0.15) is 47.3 Å². The molecule has 0 fully saturated rings. The van der Waals surface area contributed by atoms with Gasteiger partial charge >= 0.3 is 5.97 Å². The Morgan fingerprint density at radius 1 is 1.00 bits per heavy atom. The summed E-state index contributed by atoms with van der Waals surface area (Å²) in [6.45, 7) is 3.13. The van der Waals surface area contributed by atoms with Crippen LogP contribution in [0.4, 0.5) is 0 Å². The van der Waals surface area contributed by atoms with Gasteiger partial charge in [0.2, 0.25) is 5.78 Å². The molecule has 1 aliphatic carbocycles. The van der Waals surface area contributed by atoms with Crippen molar-refractivity contribution in [1.82, 2.24) is 0 Å². The topological polar surface area (TPSA) is 76.4 Å². The Bertz CT molecular complexity index is 896. The Balaban J connectivity index is 1.58. The molecule has 5 heteroatoms. The minimum Gasteiger partial charge on any atom is -0.479 e. The molecule has 5 nitrogen and oxygen atoms in total. The van der Waals surface area contributed by atoms with Crippen LogP contribution in [-0.4, -0.2) is 24.0 Å². The molecule has 3 rings (SSSR count). The molecule has 1 aliphatic rings. The largest absolute Gasteiger partial charge is 0.479 e. The highest BCUT2D eigenvalue weighted by molar-refractivity contribution is 6.00. The van der Waals surface area contributed by atoms with Gasteiger partial charge in [0.1, 0.15) is 5.75 Å². The summed E-state index contributed by atoms with van der Waals surface area (Å²) in [5, 5.41) is 8.80. The fourth-order valence-corrected chi connectivity index (χ4v) is 3.14. The first-order valence-electron chi connectivity index (χ1n) is 9.01. The molecular weight excluding hydrogens is 342 g/mol. The number of hydrogen-bond donors (Lipinski definition) is 0. The van der Waals surface area contributed by atoms with Crippen molar-refractivity contribution in [2.45, 2.75) is 45.3 Å². The summed E-state index contributed by atoms with van der Waals surface area (Å²) >= 11 is 0. The Hall–Kier alpha value is -3.13. The molecule has 27 heavy (non-hydrogen) atoms. The molecule has 138 valence electrons. The second-order valence-electron chi connectivity index (χ2n) is 6.68. The number of carbonyl (C=O) groups is 2. The van der Waals surface area contributed by atoms with Gasteiger partial charge in [-0.2, -0.15) is 5.26 Å². The second kappa shape index (κ2) is 8.05. The van der Waals surface area contributed by atoms with Crippen molar-refractivity contribution < 1.29 is 19.1 Å². The first-order valence-corrected chi connectivity index (χ1v) is 9.01. The lowest BCUT2D eigenvalue weighted by molar-refractivity contribution is -0.153. The van der Waals surface area contributed by atoms with E-state index in [1.54, 1.807) is 44.2 Å². The SMILES string of the molecule is C[C@@H](Oc1ccc(C#N)cc1)C(=O)O[C@H](C)C(=O)c1ccc2c(c1)CCC2. The quantitative estimate of drug-likeness (QED) is 0.579. The molecular formula is C22H21NO4. The van der Waals surface area contributed by atoms with E-state index in [-0.39, 0.29) is 5.78 Å². The van der Waals surface area contributed by atoms with Gasteiger partial charge in [-0.3, -0.25) is 4.79 Å². The van der Waals surface area contributed by atoms with E-state index in [0.29, 0.717) is 16.9 Å². The molecule has 0 unspecified atom stereocenters. The fourth-order valence-electron chi connectivity index (χ4n) is 3.14. The standard InChI is InChI=1S/C22H21NO4/c1-14(21(24)19-9-8-17-4-3-5-18(17)12-19)27-22(25)15(2)26-20-10-6-16(13-23)7-11-20/h6-12,14-15H,3-5H2,1-2H3/t14-,15-/m1/s1. The van der Waals surface area contributed by atoms with Gasteiger partial charge in [-0.15, -0.1) is 0 Å². The van der Waals surface area contributed by atoms with Crippen LogP contribution in [0.5, 0.6) is 5.75 Å². The maximum Gasteiger partial charge on any atom is 0.347 e. The van der Waals surface area contributed by atoms with Gasteiger partial charge in [0.05, 0.1) is 11.6 Å². The summed E-state index contributed by atoms with van der Waals surface area (Å²) in [6, 6.07) is 14.1.